The average molecular weight is 377 g/mol. The Morgan fingerprint density at radius 1 is 1.11 bits per heavy atom. The van der Waals surface area contributed by atoms with Gasteiger partial charge in [0.1, 0.15) is 11.5 Å². The summed E-state index contributed by atoms with van der Waals surface area (Å²) in [6.07, 6.45) is 2.44. The largest absolute Gasteiger partial charge is 0.383 e. The zero-order chi connectivity index (χ0) is 19.9. The monoisotopic (exact) mass is 377 g/mol. The first-order valence-corrected chi connectivity index (χ1v) is 9.39. The van der Waals surface area contributed by atoms with Gasteiger partial charge < -0.3 is 10.2 Å². The molecule has 0 aliphatic carbocycles. The van der Waals surface area contributed by atoms with Gasteiger partial charge in [-0.05, 0) is 67.8 Å². The summed E-state index contributed by atoms with van der Waals surface area (Å²) in [5.74, 6) is -0.348. The number of anilines is 2. The summed E-state index contributed by atoms with van der Waals surface area (Å²) in [6, 6.07) is 18.0. The van der Waals surface area contributed by atoms with Crippen molar-refractivity contribution in [3.63, 3.8) is 0 Å². The van der Waals surface area contributed by atoms with Crippen LogP contribution < -0.4 is 10.2 Å². The number of benzene rings is 2. The van der Waals surface area contributed by atoms with Crippen LogP contribution >= 0.6 is 0 Å². The number of rotatable bonds is 7. The van der Waals surface area contributed by atoms with Crippen LogP contribution in [0.2, 0.25) is 0 Å². The lowest BCUT2D eigenvalue weighted by molar-refractivity contribution is 0.0983. The third-order valence-electron chi connectivity index (χ3n) is 4.51. The highest BCUT2D eigenvalue weighted by Crippen LogP contribution is 2.18. The number of amides is 1. The lowest BCUT2D eigenvalue weighted by Gasteiger charge is -2.21. The van der Waals surface area contributed by atoms with Gasteiger partial charge in [-0.25, -0.2) is 9.37 Å². The van der Waals surface area contributed by atoms with E-state index in [-0.39, 0.29) is 11.7 Å². The molecule has 1 N–H and O–H groups in total. The molecule has 0 atom stereocenters. The van der Waals surface area contributed by atoms with Gasteiger partial charge in [-0.3, -0.25) is 4.79 Å². The highest BCUT2D eigenvalue weighted by atomic mass is 19.1. The molecule has 1 amide bonds. The fourth-order valence-electron chi connectivity index (χ4n) is 3.00. The Hall–Kier alpha value is -3.21. The van der Waals surface area contributed by atoms with Gasteiger partial charge in [0, 0.05) is 18.8 Å². The average Bonchev–Trinajstić information content (AvgIpc) is 2.70. The van der Waals surface area contributed by atoms with E-state index >= 15 is 0 Å². The smallest absolute Gasteiger partial charge is 0.276 e. The molecule has 2 aromatic carbocycles. The standard InChI is InChI=1S/C23H24FN3O/c1-3-27(21-6-4-5-17(2)15-21)23(28)22-12-11-20(16-26-22)25-14-13-18-7-9-19(24)10-8-18/h4-12,15-16,25H,3,13-14H2,1-2H3. The number of nitrogens with one attached hydrogen (secondary N) is 1. The van der Waals surface area contributed by atoms with Gasteiger partial charge in [-0.2, -0.15) is 0 Å². The summed E-state index contributed by atoms with van der Waals surface area (Å²) in [5, 5.41) is 3.28. The van der Waals surface area contributed by atoms with Crippen molar-refractivity contribution < 1.29 is 9.18 Å². The van der Waals surface area contributed by atoms with Gasteiger partial charge in [0.15, 0.2) is 0 Å². The van der Waals surface area contributed by atoms with Gasteiger partial charge >= 0.3 is 0 Å². The first-order chi connectivity index (χ1) is 13.6. The van der Waals surface area contributed by atoms with Crippen LogP contribution in [0.1, 0.15) is 28.5 Å². The number of carbonyl (C=O) groups is 1. The maximum Gasteiger partial charge on any atom is 0.276 e. The van der Waals surface area contributed by atoms with Crippen molar-refractivity contribution in [1.29, 1.82) is 0 Å². The molecule has 0 fully saturated rings. The van der Waals surface area contributed by atoms with Crippen LogP contribution in [0.4, 0.5) is 15.8 Å². The molecule has 0 unspecified atom stereocenters. The number of halogens is 1. The number of hydrogen-bond donors (Lipinski definition) is 1. The molecule has 3 rings (SSSR count). The first-order valence-electron chi connectivity index (χ1n) is 9.39. The fraction of sp³-hybridized carbons (Fsp3) is 0.217. The minimum atomic E-state index is -0.229. The highest BCUT2D eigenvalue weighted by molar-refractivity contribution is 6.04. The SMILES string of the molecule is CCN(C(=O)c1ccc(NCCc2ccc(F)cc2)cn1)c1cccc(C)c1. The number of hydrogen-bond acceptors (Lipinski definition) is 3. The third kappa shape index (κ3) is 4.94. The molecule has 1 aromatic heterocycles. The topological polar surface area (TPSA) is 45.2 Å². The molecule has 5 heteroatoms. The molecule has 0 bridgehead atoms. The molecule has 0 saturated heterocycles. The molecule has 1 heterocycles. The van der Waals surface area contributed by atoms with Crippen LogP contribution in [0.3, 0.4) is 0 Å². The van der Waals surface area contributed by atoms with Gasteiger partial charge in [0.05, 0.1) is 11.9 Å². The predicted molar refractivity (Wildman–Crippen MR) is 111 cm³/mol. The molecule has 144 valence electrons. The van der Waals surface area contributed by atoms with E-state index < -0.39 is 0 Å². The van der Waals surface area contributed by atoms with Gasteiger partial charge in [0.25, 0.3) is 5.91 Å². The Morgan fingerprint density at radius 2 is 1.89 bits per heavy atom. The summed E-state index contributed by atoms with van der Waals surface area (Å²) in [4.78, 5) is 18.9. The quantitative estimate of drug-likeness (QED) is 0.640. The van der Waals surface area contributed by atoms with Crippen molar-refractivity contribution >= 4 is 17.3 Å². The minimum absolute atomic E-state index is 0.119. The zero-order valence-corrected chi connectivity index (χ0v) is 16.2. The van der Waals surface area contributed by atoms with E-state index in [0.717, 1.165) is 28.9 Å². The van der Waals surface area contributed by atoms with E-state index in [2.05, 4.69) is 10.3 Å². The molecule has 0 radical (unpaired) electrons. The van der Waals surface area contributed by atoms with E-state index in [1.54, 1.807) is 29.3 Å². The van der Waals surface area contributed by atoms with Gasteiger partial charge in [-0.1, -0.05) is 24.3 Å². The second kappa shape index (κ2) is 9.13. The zero-order valence-electron chi connectivity index (χ0n) is 16.2. The van der Waals surface area contributed by atoms with Crippen LogP contribution in [0.5, 0.6) is 0 Å². The molecule has 0 saturated carbocycles. The van der Waals surface area contributed by atoms with Crippen LogP contribution in [-0.4, -0.2) is 24.0 Å². The molecule has 4 nitrogen and oxygen atoms in total. The van der Waals surface area contributed by atoms with Crippen molar-refractivity contribution in [1.82, 2.24) is 4.98 Å². The molecule has 0 spiro atoms. The third-order valence-corrected chi connectivity index (χ3v) is 4.51. The second-order valence-electron chi connectivity index (χ2n) is 6.62. The lowest BCUT2D eigenvalue weighted by Crippen LogP contribution is -2.31. The summed E-state index contributed by atoms with van der Waals surface area (Å²) in [7, 11) is 0. The number of nitrogens with zero attached hydrogens (tertiary/aromatic N) is 2. The predicted octanol–water partition coefficient (Wildman–Crippen LogP) is 4.85. The Bertz CT molecular complexity index is 923. The van der Waals surface area contributed by atoms with Crippen molar-refractivity contribution in [2.45, 2.75) is 20.3 Å². The van der Waals surface area contributed by atoms with Crippen molar-refractivity contribution in [2.24, 2.45) is 0 Å². The van der Waals surface area contributed by atoms with Crippen molar-refractivity contribution in [2.75, 3.05) is 23.3 Å². The van der Waals surface area contributed by atoms with E-state index in [1.165, 1.54) is 12.1 Å². The summed E-state index contributed by atoms with van der Waals surface area (Å²) in [6.45, 7) is 5.23. The second-order valence-corrected chi connectivity index (χ2v) is 6.62. The van der Waals surface area contributed by atoms with E-state index in [4.69, 9.17) is 0 Å². The number of pyridine rings is 1. The van der Waals surface area contributed by atoms with Crippen LogP contribution in [-0.2, 0) is 6.42 Å². The van der Waals surface area contributed by atoms with Crippen LogP contribution in [0.15, 0.2) is 66.9 Å². The summed E-state index contributed by atoms with van der Waals surface area (Å²) in [5.41, 5.74) is 4.29. The summed E-state index contributed by atoms with van der Waals surface area (Å²) < 4.78 is 12.9. The highest BCUT2D eigenvalue weighted by Gasteiger charge is 2.17. The Kier molecular flexibility index (Phi) is 6.37. The molecule has 0 aliphatic heterocycles. The van der Waals surface area contributed by atoms with Crippen molar-refractivity contribution in [3.8, 4) is 0 Å². The Labute approximate surface area is 165 Å². The van der Waals surface area contributed by atoms with Gasteiger partial charge in [-0.15, -0.1) is 0 Å². The van der Waals surface area contributed by atoms with Crippen LogP contribution in [0.25, 0.3) is 0 Å². The lowest BCUT2D eigenvalue weighted by atomic mass is 10.1. The normalized spacial score (nSPS) is 10.5. The number of aryl methyl sites for hydroxylation is 1. The summed E-state index contributed by atoms with van der Waals surface area (Å²) >= 11 is 0. The first kappa shape index (κ1) is 19.5. The molecular weight excluding hydrogens is 353 g/mol. The number of carbonyl (C=O) groups excluding carboxylic acids is 1. The maximum atomic E-state index is 12.9. The molecule has 3 aromatic rings. The van der Waals surface area contributed by atoms with Crippen molar-refractivity contribution in [3.05, 3.63) is 89.5 Å². The Balaban J connectivity index is 1.61. The van der Waals surface area contributed by atoms with Gasteiger partial charge in [0.2, 0.25) is 0 Å². The minimum Gasteiger partial charge on any atom is -0.383 e. The molecule has 0 aliphatic rings. The fourth-order valence-corrected chi connectivity index (χ4v) is 3.00. The van der Waals surface area contributed by atoms with E-state index in [1.807, 2.05) is 44.2 Å². The number of aromatic nitrogens is 1. The maximum absolute atomic E-state index is 12.9. The van der Waals surface area contributed by atoms with E-state index in [9.17, 15) is 9.18 Å². The Morgan fingerprint density at radius 3 is 2.54 bits per heavy atom. The molecular formula is C23H24FN3O. The molecule has 28 heavy (non-hydrogen) atoms. The van der Waals surface area contributed by atoms with E-state index in [0.29, 0.717) is 18.8 Å². The van der Waals surface area contributed by atoms with Crippen LogP contribution in [0, 0.1) is 12.7 Å².